The van der Waals surface area contributed by atoms with Gasteiger partial charge in [0, 0.05) is 27.7 Å². The van der Waals surface area contributed by atoms with Crippen LogP contribution in [0.2, 0.25) is 0 Å². The molecule has 3 nitrogen and oxygen atoms in total. The molecule has 0 bridgehead atoms. The molecular formula is C29H18N2O. The molecular weight excluding hydrogens is 392 g/mol. The Kier molecular flexibility index (Phi) is 3.55. The van der Waals surface area contributed by atoms with Crippen molar-refractivity contribution < 1.29 is 4.42 Å². The standard InChI is InChI=1S/C29H18N2O/c1-3-9-25-21(7-1)23-17-19(12-14-26(23)31(25)29-11-5-6-16-30-29)20-13-15-28-24(18-20)22-8-2-4-10-27(22)32-28/h1-18H. The average molecular weight is 410 g/mol. The summed E-state index contributed by atoms with van der Waals surface area (Å²) in [6.45, 7) is 0. The Hall–Kier alpha value is -4.37. The molecule has 0 N–H and O–H groups in total. The molecule has 0 fully saturated rings. The molecule has 3 aromatic heterocycles. The highest BCUT2D eigenvalue weighted by molar-refractivity contribution is 6.11. The molecule has 4 aromatic carbocycles. The summed E-state index contributed by atoms with van der Waals surface area (Å²) < 4.78 is 8.25. The van der Waals surface area contributed by atoms with Crippen LogP contribution in [0.1, 0.15) is 0 Å². The molecule has 0 saturated heterocycles. The maximum Gasteiger partial charge on any atom is 0.137 e. The van der Waals surface area contributed by atoms with Crippen molar-refractivity contribution in [2.45, 2.75) is 0 Å². The molecule has 32 heavy (non-hydrogen) atoms. The molecule has 0 atom stereocenters. The molecule has 3 heteroatoms. The summed E-state index contributed by atoms with van der Waals surface area (Å²) in [6, 6.07) is 35.9. The van der Waals surface area contributed by atoms with Crippen LogP contribution in [0.5, 0.6) is 0 Å². The molecule has 0 saturated carbocycles. The van der Waals surface area contributed by atoms with Crippen molar-refractivity contribution in [1.29, 1.82) is 0 Å². The Balaban J connectivity index is 1.49. The normalized spacial score (nSPS) is 11.8. The third kappa shape index (κ3) is 2.45. The maximum atomic E-state index is 6.01. The van der Waals surface area contributed by atoms with Gasteiger partial charge in [0.2, 0.25) is 0 Å². The predicted molar refractivity (Wildman–Crippen MR) is 131 cm³/mol. The number of fused-ring (bicyclic) bond motifs is 6. The topological polar surface area (TPSA) is 31.0 Å². The fraction of sp³-hybridized carbons (Fsp3) is 0. The SMILES string of the molecule is c1ccc(-n2c3ccccc3c3cc(-c4ccc5oc6ccccc6c5c4)ccc32)nc1. The minimum atomic E-state index is 0.919. The van der Waals surface area contributed by atoms with Crippen molar-refractivity contribution >= 4 is 43.7 Å². The summed E-state index contributed by atoms with van der Waals surface area (Å²) in [5, 5.41) is 4.75. The molecule has 0 unspecified atom stereocenters. The number of hydrogen-bond acceptors (Lipinski definition) is 2. The van der Waals surface area contributed by atoms with Crippen LogP contribution in [0, 0.1) is 0 Å². The van der Waals surface area contributed by atoms with Crippen LogP contribution < -0.4 is 0 Å². The van der Waals surface area contributed by atoms with Crippen LogP contribution in [0.3, 0.4) is 0 Å². The average Bonchev–Trinajstić information content (AvgIpc) is 3.39. The van der Waals surface area contributed by atoms with Gasteiger partial charge in [-0.1, -0.05) is 54.6 Å². The summed E-state index contributed by atoms with van der Waals surface area (Å²) >= 11 is 0. The highest BCUT2D eigenvalue weighted by Crippen LogP contribution is 2.36. The number of furan rings is 1. The predicted octanol–water partition coefficient (Wildman–Crippen LogP) is 7.75. The monoisotopic (exact) mass is 410 g/mol. The summed E-state index contributed by atoms with van der Waals surface area (Å²) in [7, 11) is 0. The zero-order chi connectivity index (χ0) is 21.1. The van der Waals surface area contributed by atoms with Gasteiger partial charge in [0.25, 0.3) is 0 Å². The van der Waals surface area contributed by atoms with E-state index in [1.807, 2.05) is 30.5 Å². The van der Waals surface area contributed by atoms with Crippen molar-refractivity contribution in [1.82, 2.24) is 9.55 Å². The van der Waals surface area contributed by atoms with E-state index in [0.29, 0.717) is 0 Å². The van der Waals surface area contributed by atoms with Gasteiger partial charge in [-0.3, -0.25) is 4.57 Å². The molecule has 7 rings (SSSR count). The Morgan fingerprint density at radius 2 is 1.22 bits per heavy atom. The highest BCUT2D eigenvalue weighted by Gasteiger charge is 2.14. The lowest BCUT2D eigenvalue weighted by atomic mass is 10.0. The number of nitrogens with zero attached hydrogens (tertiary/aromatic N) is 2. The van der Waals surface area contributed by atoms with Gasteiger partial charge in [0.1, 0.15) is 17.0 Å². The minimum absolute atomic E-state index is 0.919. The van der Waals surface area contributed by atoms with E-state index < -0.39 is 0 Å². The fourth-order valence-corrected chi connectivity index (χ4v) is 4.79. The number of benzene rings is 4. The molecule has 0 aliphatic rings. The van der Waals surface area contributed by atoms with E-state index in [0.717, 1.165) is 38.8 Å². The van der Waals surface area contributed by atoms with Crippen molar-refractivity contribution in [3.8, 4) is 16.9 Å². The van der Waals surface area contributed by atoms with Crippen molar-refractivity contribution in [2.24, 2.45) is 0 Å². The molecule has 7 aromatic rings. The van der Waals surface area contributed by atoms with Crippen molar-refractivity contribution in [2.75, 3.05) is 0 Å². The van der Waals surface area contributed by atoms with Gasteiger partial charge in [-0.2, -0.15) is 0 Å². The van der Waals surface area contributed by atoms with Gasteiger partial charge in [-0.15, -0.1) is 0 Å². The molecule has 3 heterocycles. The van der Waals surface area contributed by atoms with Crippen LogP contribution in [0.4, 0.5) is 0 Å². The number of aromatic nitrogens is 2. The zero-order valence-electron chi connectivity index (χ0n) is 17.2. The third-order valence-electron chi connectivity index (χ3n) is 6.26. The molecule has 0 aliphatic heterocycles. The van der Waals surface area contributed by atoms with E-state index in [9.17, 15) is 0 Å². The third-order valence-corrected chi connectivity index (χ3v) is 6.26. The minimum Gasteiger partial charge on any atom is -0.456 e. The van der Waals surface area contributed by atoms with Crippen LogP contribution >= 0.6 is 0 Å². The van der Waals surface area contributed by atoms with Gasteiger partial charge < -0.3 is 4.42 Å². The van der Waals surface area contributed by atoms with Crippen LogP contribution in [0.15, 0.2) is 114 Å². The molecule has 0 amide bonds. The number of pyridine rings is 1. The number of hydrogen-bond donors (Lipinski definition) is 0. The van der Waals surface area contributed by atoms with Gasteiger partial charge in [0.15, 0.2) is 0 Å². The van der Waals surface area contributed by atoms with E-state index in [4.69, 9.17) is 4.42 Å². The van der Waals surface area contributed by atoms with Gasteiger partial charge in [0.05, 0.1) is 11.0 Å². The summed E-state index contributed by atoms with van der Waals surface area (Å²) in [5.74, 6) is 0.928. The Bertz CT molecular complexity index is 1770. The summed E-state index contributed by atoms with van der Waals surface area (Å²) in [6.07, 6.45) is 1.84. The van der Waals surface area contributed by atoms with E-state index in [1.54, 1.807) is 0 Å². The Morgan fingerprint density at radius 1 is 0.531 bits per heavy atom. The highest BCUT2D eigenvalue weighted by atomic mass is 16.3. The van der Waals surface area contributed by atoms with E-state index >= 15 is 0 Å². The largest absolute Gasteiger partial charge is 0.456 e. The molecule has 150 valence electrons. The first-order chi connectivity index (χ1) is 15.9. The second-order valence-corrected chi connectivity index (χ2v) is 8.08. The summed E-state index contributed by atoms with van der Waals surface area (Å²) in [4.78, 5) is 4.61. The van der Waals surface area contributed by atoms with E-state index in [2.05, 4.69) is 88.4 Å². The second-order valence-electron chi connectivity index (χ2n) is 8.08. The van der Waals surface area contributed by atoms with E-state index in [1.165, 1.54) is 21.9 Å². The Morgan fingerprint density at radius 3 is 2.09 bits per heavy atom. The number of rotatable bonds is 2. The van der Waals surface area contributed by atoms with Crippen molar-refractivity contribution in [3.63, 3.8) is 0 Å². The quantitative estimate of drug-likeness (QED) is 0.292. The second kappa shape index (κ2) is 6.56. The van der Waals surface area contributed by atoms with E-state index in [-0.39, 0.29) is 0 Å². The van der Waals surface area contributed by atoms with Gasteiger partial charge >= 0.3 is 0 Å². The van der Waals surface area contributed by atoms with Crippen molar-refractivity contribution in [3.05, 3.63) is 109 Å². The molecule has 0 aliphatic carbocycles. The zero-order valence-corrected chi connectivity index (χ0v) is 17.2. The fourth-order valence-electron chi connectivity index (χ4n) is 4.79. The lowest BCUT2D eigenvalue weighted by Gasteiger charge is -2.07. The van der Waals surface area contributed by atoms with Crippen LogP contribution in [-0.2, 0) is 0 Å². The summed E-state index contributed by atoms with van der Waals surface area (Å²) in [5.41, 5.74) is 6.53. The number of para-hydroxylation sites is 2. The smallest absolute Gasteiger partial charge is 0.137 e. The van der Waals surface area contributed by atoms with Crippen LogP contribution in [0.25, 0.3) is 60.7 Å². The molecule has 0 spiro atoms. The molecule has 0 radical (unpaired) electrons. The van der Waals surface area contributed by atoms with Gasteiger partial charge in [-0.05, 0) is 59.7 Å². The first-order valence-electron chi connectivity index (χ1n) is 10.7. The maximum absolute atomic E-state index is 6.01. The first kappa shape index (κ1) is 17.3. The lowest BCUT2D eigenvalue weighted by Crippen LogP contribution is -1.95. The van der Waals surface area contributed by atoms with Crippen LogP contribution in [-0.4, -0.2) is 9.55 Å². The van der Waals surface area contributed by atoms with Gasteiger partial charge in [-0.25, -0.2) is 4.98 Å². The lowest BCUT2D eigenvalue weighted by molar-refractivity contribution is 0.669. The first-order valence-corrected chi connectivity index (χ1v) is 10.7. The Labute approximate surface area is 184 Å².